The van der Waals surface area contributed by atoms with Crippen molar-refractivity contribution < 1.29 is 9.53 Å². The lowest BCUT2D eigenvalue weighted by Gasteiger charge is -2.28. The molecule has 1 amide bonds. The SMILES string of the molecule is CN(Sc1ccccc1)C(=O)c1ccc(N(N)/C=C(\N)c2cccc3c(=O)cc(N4CCOCC4)[nH]c23)cc1. The summed E-state index contributed by atoms with van der Waals surface area (Å²) >= 11 is 1.36. The van der Waals surface area contributed by atoms with Gasteiger partial charge >= 0.3 is 0 Å². The highest BCUT2D eigenvalue weighted by atomic mass is 32.2. The highest BCUT2D eigenvalue weighted by Gasteiger charge is 2.16. The molecule has 1 aliphatic heterocycles. The monoisotopic (exact) mass is 542 g/mol. The molecule has 4 aromatic rings. The molecule has 9 nitrogen and oxygen atoms in total. The predicted molar refractivity (Wildman–Crippen MR) is 157 cm³/mol. The number of fused-ring (bicyclic) bond motifs is 1. The molecular formula is C29H30N6O3S. The van der Waals surface area contributed by atoms with E-state index in [0.717, 1.165) is 10.7 Å². The second-order valence-electron chi connectivity index (χ2n) is 9.09. The van der Waals surface area contributed by atoms with Crippen molar-refractivity contribution in [2.24, 2.45) is 11.6 Å². The number of pyridine rings is 1. The molecule has 5 rings (SSSR count). The summed E-state index contributed by atoms with van der Waals surface area (Å²) < 4.78 is 7.03. The molecule has 0 saturated carbocycles. The van der Waals surface area contributed by atoms with Crippen LogP contribution in [0.3, 0.4) is 0 Å². The fourth-order valence-electron chi connectivity index (χ4n) is 4.41. The molecule has 5 N–H and O–H groups in total. The van der Waals surface area contributed by atoms with Gasteiger partial charge in [0.15, 0.2) is 5.43 Å². The molecule has 2 heterocycles. The number of nitrogens with zero attached hydrogens (tertiary/aromatic N) is 3. The van der Waals surface area contributed by atoms with Gasteiger partial charge in [0.1, 0.15) is 5.82 Å². The molecule has 0 radical (unpaired) electrons. The number of hydrogen-bond donors (Lipinski definition) is 3. The summed E-state index contributed by atoms with van der Waals surface area (Å²) in [5.74, 6) is 6.94. The number of rotatable bonds is 7. The van der Waals surface area contributed by atoms with Crippen LogP contribution >= 0.6 is 11.9 Å². The van der Waals surface area contributed by atoms with Crippen LogP contribution in [0, 0.1) is 0 Å². The zero-order valence-electron chi connectivity index (χ0n) is 21.5. The summed E-state index contributed by atoms with van der Waals surface area (Å²) in [7, 11) is 1.74. The lowest BCUT2D eigenvalue weighted by atomic mass is 10.1. The molecule has 1 aromatic heterocycles. The van der Waals surface area contributed by atoms with Crippen LogP contribution in [0.4, 0.5) is 11.5 Å². The number of carbonyl (C=O) groups is 1. The van der Waals surface area contributed by atoms with E-state index in [1.165, 1.54) is 17.0 Å². The lowest BCUT2D eigenvalue weighted by Crippen LogP contribution is -2.37. The lowest BCUT2D eigenvalue weighted by molar-refractivity contribution is 0.0892. The summed E-state index contributed by atoms with van der Waals surface area (Å²) in [4.78, 5) is 32.2. The van der Waals surface area contributed by atoms with Crippen molar-refractivity contribution in [3.8, 4) is 0 Å². The standard InChI is InChI=1S/C29H30N6O3S/c1-33(39-22-6-3-2-4-7-22)29(37)20-10-12-21(13-11-20)35(31)19-25(30)23-8-5-9-24-26(36)18-27(32-28(23)24)34-14-16-38-17-15-34/h2-13,18-19H,14-17,30-31H2,1H3,(H,32,36)/b25-19-. The minimum atomic E-state index is -0.121. The van der Waals surface area contributed by atoms with Crippen molar-refractivity contribution in [3.63, 3.8) is 0 Å². The Labute approximate surface area is 230 Å². The molecule has 0 aliphatic carbocycles. The Hall–Kier alpha value is -4.25. The second-order valence-corrected chi connectivity index (χ2v) is 10.3. The van der Waals surface area contributed by atoms with Gasteiger partial charge in [-0.25, -0.2) is 5.84 Å². The number of carbonyl (C=O) groups excluding carboxylic acids is 1. The minimum absolute atomic E-state index is 0.0832. The molecule has 0 bridgehead atoms. The fraction of sp³-hybridized carbons (Fsp3) is 0.172. The van der Waals surface area contributed by atoms with Crippen molar-refractivity contribution in [2.75, 3.05) is 43.3 Å². The van der Waals surface area contributed by atoms with Crippen LogP contribution in [-0.2, 0) is 4.74 Å². The smallest absolute Gasteiger partial charge is 0.263 e. The Kier molecular flexibility index (Phi) is 7.87. The number of aromatic amines is 1. The fourth-order valence-corrected chi connectivity index (χ4v) is 5.19. The van der Waals surface area contributed by atoms with Crippen molar-refractivity contribution in [1.82, 2.24) is 9.29 Å². The third kappa shape index (κ3) is 5.93. The van der Waals surface area contributed by atoms with Crippen molar-refractivity contribution in [2.45, 2.75) is 4.90 Å². The van der Waals surface area contributed by atoms with E-state index in [4.69, 9.17) is 16.3 Å². The largest absolute Gasteiger partial charge is 0.397 e. The van der Waals surface area contributed by atoms with Crippen molar-refractivity contribution in [3.05, 3.63) is 106 Å². The number of aromatic nitrogens is 1. The zero-order chi connectivity index (χ0) is 27.4. The van der Waals surface area contributed by atoms with Gasteiger partial charge in [-0.1, -0.05) is 30.3 Å². The quantitative estimate of drug-likeness (QED) is 0.183. The summed E-state index contributed by atoms with van der Waals surface area (Å²) in [6, 6.07) is 23.7. The van der Waals surface area contributed by atoms with E-state index >= 15 is 0 Å². The van der Waals surface area contributed by atoms with E-state index in [1.807, 2.05) is 36.4 Å². The van der Waals surface area contributed by atoms with Crippen LogP contribution in [0.25, 0.3) is 16.6 Å². The molecular weight excluding hydrogens is 512 g/mol. The molecule has 1 fully saturated rings. The minimum Gasteiger partial charge on any atom is -0.397 e. The van der Waals surface area contributed by atoms with Gasteiger partial charge in [0.05, 0.1) is 30.1 Å². The Balaban J connectivity index is 1.35. The van der Waals surface area contributed by atoms with Gasteiger partial charge < -0.3 is 20.4 Å². The molecule has 0 spiro atoms. The Morgan fingerprint density at radius 2 is 1.74 bits per heavy atom. The molecule has 1 aliphatic rings. The first-order valence-corrected chi connectivity index (χ1v) is 13.3. The number of hydrazine groups is 1. The molecule has 3 aromatic carbocycles. The number of benzene rings is 3. The zero-order valence-corrected chi connectivity index (χ0v) is 22.4. The predicted octanol–water partition coefficient (Wildman–Crippen LogP) is 3.78. The van der Waals surface area contributed by atoms with Gasteiger partial charge in [-0.15, -0.1) is 0 Å². The number of anilines is 2. The van der Waals surface area contributed by atoms with E-state index in [9.17, 15) is 9.59 Å². The first-order valence-electron chi connectivity index (χ1n) is 12.5. The number of hydrogen-bond acceptors (Lipinski definition) is 8. The number of H-pyrrole nitrogens is 1. The first-order chi connectivity index (χ1) is 18.9. The summed E-state index contributed by atoms with van der Waals surface area (Å²) in [5, 5.41) is 1.94. The van der Waals surface area contributed by atoms with Gasteiger partial charge in [0, 0.05) is 53.8 Å². The molecule has 10 heteroatoms. The average molecular weight is 543 g/mol. The van der Waals surface area contributed by atoms with Crippen LogP contribution in [0.2, 0.25) is 0 Å². The molecule has 39 heavy (non-hydrogen) atoms. The maximum absolute atomic E-state index is 12.9. The Bertz CT molecular complexity index is 1550. The highest BCUT2D eigenvalue weighted by Crippen LogP contribution is 2.25. The number of para-hydroxylation sites is 1. The number of nitrogens with two attached hydrogens (primary N) is 2. The third-order valence-corrected chi connectivity index (χ3v) is 7.40. The van der Waals surface area contributed by atoms with Crippen LogP contribution in [-0.4, -0.2) is 48.5 Å². The number of amides is 1. The number of ether oxygens (including phenoxy) is 1. The third-order valence-electron chi connectivity index (χ3n) is 6.48. The van der Waals surface area contributed by atoms with E-state index in [1.54, 1.807) is 60.0 Å². The van der Waals surface area contributed by atoms with Crippen LogP contribution < -0.4 is 26.9 Å². The van der Waals surface area contributed by atoms with Gasteiger partial charge in [0.25, 0.3) is 5.91 Å². The molecule has 0 atom stereocenters. The second kappa shape index (κ2) is 11.6. The molecule has 200 valence electrons. The molecule has 0 unspecified atom stereocenters. The normalized spacial score (nSPS) is 13.9. The van der Waals surface area contributed by atoms with Gasteiger partial charge in [-0.3, -0.25) is 18.9 Å². The number of nitrogens with one attached hydrogen (secondary N) is 1. The van der Waals surface area contributed by atoms with Gasteiger partial charge in [-0.05, 0) is 54.4 Å². The van der Waals surface area contributed by atoms with E-state index < -0.39 is 0 Å². The summed E-state index contributed by atoms with van der Waals surface area (Å²) in [6.07, 6.45) is 1.60. The number of morpholine rings is 1. The van der Waals surface area contributed by atoms with Crippen LogP contribution in [0.5, 0.6) is 0 Å². The maximum Gasteiger partial charge on any atom is 0.263 e. The summed E-state index contributed by atoms with van der Waals surface area (Å²) in [5.41, 5.74) is 9.30. The maximum atomic E-state index is 12.9. The van der Waals surface area contributed by atoms with Gasteiger partial charge in [0.2, 0.25) is 0 Å². The van der Waals surface area contributed by atoms with Crippen molar-refractivity contribution in [1.29, 1.82) is 0 Å². The topological polar surface area (TPSA) is 121 Å². The Morgan fingerprint density at radius 3 is 2.46 bits per heavy atom. The van der Waals surface area contributed by atoms with Crippen LogP contribution in [0.1, 0.15) is 15.9 Å². The Morgan fingerprint density at radius 1 is 1.03 bits per heavy atom. The first kappa shape index (κ1) is 26.4. The van der Waals surface area contributed by atoms with E-state index in [2.05, 4.69) is 9.88 Å². The van der Waals surface area contributed by atoms with Gasteiger partial charge in [-0.2, -0.15) is 0 Å². The summed E-state index contributed by atoms with van der Waals surface area (Å²) in [6.45, 7) is 2.62. The van der Waals surface area contributed by atoms with Crippen molar-refractivity contribution >= 4 is 46.0 Å². The highest BCUT2D eigenvalue weighted by molar-refractivity contribution is 7.97. The van der Waals surface area contributed by atoms with E-state index in [-0.39, 0.29) is 11.3 Å². The molecule has 1 saturated heterocycles. The van der Waals surface area contributed by atoms with Crippen LogP contribution in [0.15, 0.2) is 94.8 Å². The van der Waals surface area contributed by atoms with E-state index in [0.29, 0.717) is 59.7 Å². The average Bonchev–Trinajstić information content (AvgIpc) is 2.97.